The molecule has 1 saturated heterocycles. The first kappa shape index (κ1) is 15.7. The summed E-state index contributed by atoms with van der Waals surface area (Å²) in [6.45, 7) is 7.57. The molecule has 0 spiro atoms. The maximum absolute atomic E-state index is 6.05. The molecule has 0 radical (unpaired) electrons. The van der Waals surface area contributed by atoms with E-state index in [0.29, 0.717) is 17.3 Å². The third kappa shape index (κ3) is 3.90. The summed E-state index contributed by atoms with van der Waals surface area (Å²) in [5.74, 6) is 2.08. The summed E-state index contributed by atoms with van der Waals surface area (Å²) in [6, 6.07) is 8.64. The van der Waals surface area contributed by atoms with Crippen LogP contribution in [-0.4, -0.2) is 42.1 Å². The molecule has 3 nitrogen and oxygen atoms in total. The van der Waals surface area contributed by atoms with Crippen LogP contribution in [0.2, 0.25) is 0 Å². The van der Waals surface area contributed by atoms with Crippen molar-refractivity contribution in [3.05, 3.63) is 29.8 Å². The summed E-state index contributed by atoms with van der Waals surface area (Å²) in [5, 5.41) is 0. The number of nitrogens with zero attached hydrogens (tertiary/aromatic N) is 1. The van der Waals surface area contributed by atoms with Crippen LogP contribution in [0.1, 0.15) is 31.9 Å². The number of rotatable bonds is 4. The number of thioether (sulfide) groups is 1. The summed E-state index contributed by atoms with van der Waals surface area (Å²) in [5.41, 5.74) is 7.33. The normalized spacial score (nSPS) is 21.2. The number of methoxy groups -OCH3 is 1. The van der Waals surface area contributed by atoms with Crippen molar-refractivity contribution in [2.45, 2.75) is 31.1 Å². The van der Waals surface area contributed by atoms with Gasteiger partial charge in [-0.1, -0.05) is 26.0 Å². The van der Waals surface area contributed by atoms with Crippen LogP contribution in [0, 0.1) is 0 Å². The largest absolute Gasteiger partial charge is 0.497 e. The van der Waals surface area contributed by atoms with Crippen LogP contribution in [0.4, 0.5) is 0 Å². The average Bonchev–Trinajstić information content (AvgIpc) is 2.62. The van der Waals surface area contributed by atoms with Gasteiger partial charge in [-0.2, -0.15) is 11.8 Å². The predicted molar refractivity (Wildman–Crippen MR) is 87.5 cm³/mol. The van der Waals surface area contributed by atoms with Gasteiger partial charge >= 0.3 is 0 Å². The fourth-order valence-electron chi connectivity index (χ4n) is 2.67. The van der Waals surface area contributed by atoms with Crippen molar-refractivity contribution in [1.82, 2.24) is 4.90 Å². The van der Waals surface area contributed by atoms with Crippen LogP contribution in [-0.2, 0) is 0 Å². The summed E-state index contributed by atoms with van der Waals surface area (Å²) >= 11 is 2.07. The van der Waals surface area contributed by atoms with Crippen LogP contribution in [0.25, 0.3) is 0 Å². The zero-order chi connectivity index (χ0) is 14.6. The highest BCUT2D eigenvalue weighted by Crippen LogP contribution is 2.33. The van der Waals surface area contributed by atoms with Gasteiger partial charge in [-0.3, -0.25) is 4.90 Å². The molecule has 1 aromatic carbocycles. The number of hydrogen-bond donors (Lipinski definition) is 1. The van der Waals surface area contributed by atoms with Crippen molar-refractivity contribution in [3.63, 3.8) is 0 Å². The van der Waals surface area contributed by atoms with Gasteiger partial charge in [-0.05, 0) is 24.1 Å². The van der Waals surface area contributed by atoms with Crippen molar-refractivity contribution in [1.29, 1.82) is 0 Å². The second kappa shape index (κ2) is 6.83. The van der Waals surface area contributed by atoms with Gasteiger partial charge in [0, 0.05) is 36.2 Å². The van der Waals surface area contributed by atoms with Gasteiger partial charge < -0.3 is 10.5 Å². The van der Waals surface area contributed by atoms with E-state index in [1.165, 1.54) is 17.7 Å². The monoisotopic (exact) mass is 294 g/mol. The standard InChI is InChI=1S/C16H26N2OS/c1-16(2)8-9-18(10-11-20-16)15(12-17)13-4-6-14(19-3)7-5-13/h4-7,15H,8-12,17H2,1-3H3. The molecule has 20 heavy (non-hydrogen) atoms. The first-order valence-corrected chi connectivity index (χ1v) is 8.26. The minimum atomic E-state index is 0.315. The zero-order valence-corrected chi connectivity index (χ0v) is 13.6. The molecule has 2 N–H and O–H groups in total. The molecule has 0 aromatic heterocycles. The Morgan fingerprint density at radius 1 is 1.30 bits per heavy atom. The van der Waals surface area contributed by atoms with Crippen molar-refractivity contribution < 1.29 is 4.74 Å². The lowest BCUT2D eigenvalue weighted by Gasteiger charge is -2.30. The van der Waals surface area contributed by atoms with Gasteiger partial charge in [0.15, 0.2) is 0 Å². The molecule has 1 aliphatic heterocycles. The Balaban J connectivity index is 2.10. The van der Waals surface area contributed by atoms with Crippen molar-refractivity contribution in [2.75, 3.05) is 32.5 Å². The van der Waals surface area contributed by atoms with Gasteiger partial charge in [0.1, 0.15) is 5.75 Å². The van der Waals surface area contributed by atoms with E-state index in [9.17, 15) is 0 Å². The lowest BCUT2D eigenvalue weighted by atomic mass is 10.0. The fourth-order valence-corrected chi connectivity index (χ4v) is 3.78. The van der Waals surface area contributed by atoms with Gasteiger partial charge in [-0.25, -0.2) is 0 Å². The van der Waals surface area contributed by atoms with Gasteiger partial charge in [0.05, 0.1) is 7.11 Å². The summed E-state index contributed by atoms with van der Waals surface area (Å²) < 4.78 is 5.61. The maximum Gasteiger partial charge on any atom is 0.118 e. The second-order valence-corrected chi connectivity index (χ2v) is 7.72. The summed E-state index contributed by atoms with van der Waals surface area (Å²) in [4.78, 5) is 2.53. The van der Waals surface area contributed by atoms with Crippen molar-refractivity contribution >= 4 is 11.8 Å². The second-order valence-electron chi connectivity index (χ2n) is 5.92. The Labute approximate surface area is 126 Å². The molecule has 0 aliphatic carbocycles. The molecule has 1 aromatic rings. The van der Waals surface area contributed by atoms with E-state index < -0.39 is 0 Å². The van der Waals surface area contributed by atoms with E-state index in [4.69, 9.17) is 10.5 Å². The zero-order valence-electron chi connectivity index (χ0n) is 12.8. The number of ether oxygens (including phenoxy) is 1. The lowest BCUT2D eigenvalue weighted by Crippen LogP contribution is -2.35. The quantitative estimate of drug-likeness (QED) is 0.926. The molecule has 0 bridgehead atoms. The van der Waals surface area contributed by atoms with Crippen LogP contribution in [0.3, 0.4) is 0 Å². The molecule has 1 fully saturated rings. The SMILES string of the molecule is COc1ccc(C(CN)N2CCSC(C)(C)CC2)cc1. The van der Waals surface area contributed by atoms with Crippen LogP contribution < -0.4 is 10.5 Å². The van der Waals surface area contributed by atoms with Gasteiger partial charge in [0.25, 0.3) is 0 Å². The van der Waals surface area contributed by atoms with E-state index in [1.807, 2.05) is 12.1 Å². The molecule has 0 amide bonds. The molecule has 0 saturated carbocycles. The first-order valence-electron chi connectivity index (χ1n) is 7.28. The molecule has 4 heteroatoms. The molecular formula is C16H26N2OS. The Morgan fingerprint density at radius 3 is 2.60 bits per heavy atom. The van der Waals surface area contributed by atoms with E-state index >= 15 is 0 Å². The molecule has 112 valence electrons. The minimum Gasteiger partial charge on any atom is -0.497 e. The van der Waals surface area contributed by atoms with E-state index in [-0.39, 0.29) is 0 Å². The summed E-state index contributed by atoms with van der Waals surface area (Å²) in [7, 11) is 1.70. The van der Waals surface area contributed by atoms with Crippen LogP contribution in [0.15, 0.2) is 24.3 Å². The Bertz CT molecular complexity index is 419. The van der Waals surface area contributed by atoms with Gasteiger partial charge in [-0.15, -0.1) is 0 Å². The summed E-state index contributed by atoms with van der Waals surface area (Å²) in [6.07, 6.45) is 1.21. The Kier molecular flexibility index (Phi) is 5.35. The number of nitrogens with two attached hydrogens (primary N) is 1. The van der Waals surface area contributed by atoms with Crippen LogP contribution >= 0.6 is 11.8 Å². The number of benzene rings is 1. The Morgan fingerprint density at radius 2 is 2.00 bits per heavy atom. The van der Waals surface area contributed by atoms with Crippen molar-refractivity contribution in [2.24, 2.45) is 5.73 Å². The highest BCUT2D eigenvalue weighted by molar-refractivity contribution is 8.00. The highest BCUT2D eigenvalue weighted by Gasteiger charge is 2.27. The topological polar surface area (TPSA) is 38.5 Å². The molecule has 1 unspecified atom stereocenters. The predicted octanol–water partition coefficient (Wildman–Crippen LogP) is 2.91. The molecule has 2 rings (SSSR count). The van der Waals surface area contributed by atoms with E-state index in [2.05, 4.69) is 42.6 Å². The lowest BCUT2D eigenvalue weighted by molar-refractivity contribution is 0.210. The molecule has 1 heterocycles. The third-order valence-corrected chi connectivity index (χ3v) is 5.41. The smallest absolute Gasteiger partial charge is 0.118 e. The number of hydrogen-bond acceptors (Lipinski definition) is 4. The van der Waals surface area contributed by atoms with Gasteiger partial charge in [0.2, 0.25) is 0 Å². The molecule has 1 aliphatic rings. The average molecular weight is 294 g/mol. The minimum absolute atomic E-state index is 0.315. The van der Waals surface area contributed by atoms with E-state index in [0.717, 1.165) is 18.8 Å². The van der Waals surface area contributed by atoms with E-state index in [1.54, 1.807) is 7.11 Å². The van der Waals surface area contributed by atoms with Crippen LogP contribution in [0.5, 0.6) is 5.75 Å². The fraction of sp³-hybridized carbons (Fsp3) is 0.625. The maximum atomic E-state index is 6.05. The highest BCUT2D eigenvalue weighted by atomic mass is 32.2. The van der Waals surface area contributed by atoms with Crippen molar-refractivity contribution in [3.8, 4) is 5.75 Å². The molecule has 1 atom stereocenters. The Hall–Kier alpha value is -0.710. The molecular weight excluding hydrogens is 268 g/mol. The first-order chi connectivity index (χ1) is 9.55. The third-order valence-electron chi connectivity index (χ3n) is 4.04.